The quantitative estimate of drug-likeness (QED) is 0.241. The fraction of sp³-hybridized carbons (Fsp3) is 0.455. The number of hydrogen-bond acceptors (Lipinski definition) is 6. The van der Waals surface area contributed by atoms with Crippen molar-refractivity contribution in [2.45, 2.75) is 32.1 Å². The number of halogens is 2. The van der Waals surface area contributed by atoms with Gasteiger partial charge in [-0.3, -0.25) is 9.59 Å². The van der Waals surface area contributed by atoms with E-state index in [0.29, 0.717) is 23.6 Å². The first-order chi connectivity index (χ1) is 15.1. The van der Waals surface area contributed by atoms with E-state index in [9.17, 15) is 9.59 Å². The fourth-order valence-electron chi connectivity index (χ4n) is 3.24. The molecule has 5 N–H and O–H groups in total. The highest BCUT2D eigenvalue weighted by atomic mass is 35.5. The van der Waals surface area contributed by atoms with E-state index in [4.69, 9.17) is 34.7 Å². The van der Waals surface area contributed by atoms with Gasteiger partial charge in [-0.25, -0.2) is 9.97 Å². The summed E-state index contributed by atoms with van der Waals surface area (Å²) in [5, 5.41) is 3.39. The number of anilines is 2. The molecule has 1 heterocycles. The number of aromatic nitrogens is 2. The third-order valence-corrected chi connectivity index (χ3v) is 5.74. The molecule has 0 radical (unpaired) electrons. The van der Waals surface area contributed by atoms with Gasteiger partial charge in [0.25, 0.3) is 5.91 Å². The van der Waals surface area contributed by atoms with E-state index in [1.165, 1.54) is 0 Å². The molecule has 0 aliphatic heterocycles. The van der Waals surface area contributed by atoms with Crippen molar-refractivity contribution in [1.29, 1.82) is 0 Å². The smallest absolute Gasteiger partial charge is 0.273 e. The molecule has 0 saturated carbocycles. The third kappa shape index (κ3) is 8.26. The summed E-state index contributed by atoms with van der Waals surface area (Å²) in [5.41, 5.74) is 11.9. The van der Waals surface area contributed by atoms with Crippen LogP contribution in [0.2, 0.25) is 10.2 Å². The van der Waals surface area contributed by atoms with Gasteiger partial charge >= 0.3 is 0 Å². The van der Waals surface area contributed by atoms with Crippen LogP contribution < -0.4 is 16.8 Å². The first kappa shape index (κ1) is 25.8. The molecule has 1 amide bonds. The van der Waals surface area contributed by atoms with Gasteiger partial charge in [-0.05, 0) is 43.5 Å². The normalized spacial score (nSPS) is 11.4. The Kier molecular flexibility index (Phi) is 9.68. The molecule has 0 fully saturated rings. The number of nitrogens with one attached hydrogen (secondary N) is 1. The van der Waals surface area contributed by atoms with Crippen LogP contribution in [0.25, 0.3) is 0 Å². The lowest BCUT2D eigenvalue weighted by molar-refractivity contribution is -0.889. The van der Waals surface area contributed by atoms with Gasteiger partial charge in [0.15, 0.2) is 28.3 Å². The van der Waals surface area contributed by atoms with Gasteiger partial charge in [0.1, 0.15) is 0 Å². The van der Waals surface area contributed by atoms with Crippen molar-refractivity contribution in [3.8, 4) is 0 Å². The highest BCUT2D eigenvalue weighted by molar-refractivity contribution is 6.31. The third-order valence-electron chi connectivity index (χ3n) is 5.21. The maximum absolute atomic E-state index is 12.3. The van der Waals surface area contributed by atoms with Crippen LogP contribution in [0.3, 0.4) is 0 Å². The van der Waals surface area contributed by atoms with Crippen molar-refractivity contribution < 1.29 is 14.1 Å². The van der Waals surface area contributed by atoms with Crippen LogP contribution in [-0.4, -0.2) is 59.9 Å². The van der Waals surface area contributed by atoms with Crippen molar-refractivity contribution >= 4 is 46.5 Å². The largest absolute Gasteiger partial charge is 0.382 e. The summed E-state index contributed by atoms with van der Waals surface area (Å²) in [6.45, 7) is 2.18. The molecule has 0 aliphatic carbocycles. The van der Waals surface area contributed by atoms with E-state index >= 15 is 0 Å². The number of unbranched alkanes of at least 4 members (excludes halogenated alkanes) is 3. The molecule has 0 unspecified atom stereocenters. The molecule has 1 aromatic carbocycles. The number of ketones is 1. The number of carbonyl (C=O) groups excluding carboxylic acids is 2. The predicted molar refractivity (Wildman–Crippen MR) is 129 cm³/mol. The van der Waals surface area contributed by atoms with E-state index in [1.54, 1.807) is 24.3 Å². The molecule has 32 heavy (non-hydrogen) atoms. The summed E-state index contributed by atoms with van der Waals surface area (Å²) in [6, 6.07) is 7.02. The molecule has 2 aromatic rings. The minimum atomic E-state index is -0.428. The number of nitrogens with zero attached hydrogens (tertiary/aromatic N) is 3. The van der Waals surface area contributed by atoms with E-state index in [-0.39, 0.29) is 28.3 Å². The maximum Gasteiger partial charge on any atom is 0.273 e. The number of nitrogen functional groups attached to an aromatic ring is 2. The number of likely N-dealkylation sites (N-methyl/N-ethyl adjacent to an activating group) is 1. The Balaban J connectivity index is 1.63. The van der Waals surface area contributed by atoms with E-state index in [0.717, 1.165) is 43.3 Å². The Hall–Kier alpha value is -2.42. The second-order valence-electron chi connectivity index (χ2n) is 8.37. The number of hydrogen-bond donors (Lipinski definition) is 3. The number of carbonyl (C=O) groups is 2. The number of rotatable bonds is 12. The van der Waals surface area contributed by atoms with Gasteiger partial charge in [-0.2, -0.15) is 0 Å². The van der Waals surface area contributed by atoms with E-state index in [2.05, 4.69) is 29.4 Å². The van der Waals surface area contributed by atoms with Crippen LogP contribution in [0.15, 0.2) is 24.3 Å². The molecule has 0 atom stereocenters. The van der Waals surface area contributed by atoms with Gasteiger partial charge in [0, 0.05) is 17.0 Å². The van der Waals surface area contributed by atoms with Gasteiger partial charge in [0.2, 0.25) is 0 Å². The summed E-state index contributed by atoms with van der Waals surface area (Å²) in [4.78, 5) is 32.2. The van der Waals surface area contributed by atoms with Crippen LogP contribution in [0.4, 0.5) is 11.6 Å². The molecule has 0 saturated heterocycles. The summed E-state index contributed by atoms with van der Waals surface area (Å²) >= 11 is 11.7. The number of benzene rings is 1. The first-order valence-corrected chi connectivity index (χ1v) is 11.3. The predicted octanol–water partition coefficient (Wildman–Crippen LogP) is 3.59. The minimum Gasteiger partial charge on any atom is -0.382 e. The molecule has 8 nitrogen and oxygen atoms in total. The summed E-state index contributed by atoms with van der Waals surface area (Å²) in [6.07, 6.45) is 4.52. The van der Waals surface area contributed by atoms with Gasteiger partial charge in [0.05, 0.1) is 33.7 Å². The number of Topliss-reactive ketones (excluding diaryl/α,β-unsaturated/α-hetero) is 1. The Labute approximate surface area is 198 Å². The second kappa shape index (κ2) is 12.0. The van der Waals surface area contributed by atoms with E-state index < -0.39 is 5.91 Å². The van der Waals surface area contributed by atoms with Crippen LogP contribution >= 0.6 is 23.2 Å². The van der Waals surface area contributed by atoms with Gasteiger partial charge < -0.3 is 21.3 Å². The standard InChI is InChI=1S/C22H30Cl2N6O2/c1-30(2,14-12-27-22(32)18-20(25)29-21(26)19(24)28-18)13-6-4-3-5-7-17(31)15-8-10-16(23)11-9-15/h8-11H,3-7,12-14H2,1-2H3,(H4-,25,26,27,29,32)/p+1. The highest BCUT2D eigenvalue weighted by Crippen LogP contribution is 2.17. The number of nitrogens with two attached hydrogens (primary N) is 2. The Morgan fingerprint density at radius 2 is 1.59 bits per heavy atom. The highest BCUT2D eigenvalue weighted by Gasteiger charge is 2.18. The minimum absolute atomic E-state index is 0.00661. The van der Waals surface area contributed by atoms with Crippen LogP contribution in [0.1, 0.15) is 53.0 Å². The zero-order valence-electron chi connectivity index (χ0n) is 18.5. The lowest BCUT2D eigenvalue weighted by Crippen LogP contribution is -2.46. The second-order valence-corrected chi connectivity index (χ2v) is 9.16. The number of amides is 1. The van der Waals surface area contributed by atoms with Crippen LogP contribution in [0, 0.1) is 0 Å². The average molecular weight is 482 g/mol. The number of quaternary nitrogens is 1. The Morgan fingerprint density at radius 3 is 2.28 bits per heavy atom. The molecule has 0 bridgehead atoms. The summed E-state index contributed by atoms with van der Waals surface area (Å²) < 4.78 is 0.758. The van der Waals surface area contributed by atoms with Crippen molar-refractivity contribution in [3.63, 3.8) is 0 Å². The lowest BCUT2D eigenvalue weighted by Gasteiger charge is -2.30. The topological polar surface area (TPSA) is 124 Å². The monoisotopic (exact) mass is 481 g/mol. The molecular weight excluding hydrogens is 451 g/mol. The van der Waals surface area contributed by atoms with Crippen molar-refractivity contribution in [3.05, 3.63) is 45.7 Å². The summed E-state index contributed by atoms with van der Waals surface area (Å²) in [5.74, 6) is -0.330. The zero-order chi connectivity index (χ0) is 23.7. The van der Waals surface area contributed by atoms with E-state index in [1.807, 2.05) is 0 Å². The lowest BCUT2D eigenvalue weighted by atomic mass is 10.0. The Morgan fingerprint density at radius 1 is 0.938 bits per heavy atom. The van der Waals surface area contributed by atoms with Crippen molar-refractivity contribution in [2.24, 2.45) is 0 Å². The molecular formula is C22H31Cl2N6O2+. The van der Waals surface area contributed by atoms with Crippen LogP contribution in [-0.2, 0) is 0 Å². The molecule has 10 heteroatoms. The zero-order valence-corrected chi connectivity index (χ0v) is 20.0. The SMILES string of the molecule is C[N+](C)(CCCCCCC(=O)c1ccc(Cl)cc1)CCNC(=O)c1nc(Cl)c(N)nc1N. The average Bonchev–Trinajstić information content (AvgIpc) is 2.73. The van der Waals surface area contributed by atoms with Crippen LogP contribution in [0.5, 0.6) is 0 Å². The molecule has 1 aromatic heterocycles. The van der Waals surface area contributed by atoms with Crippen molar-refractivity contribution in [1.82, 2.24) is 15.3 Å². The Bertz CT molecular complexity index is 935. The maximum atomic E-state index is 12.3. The van der Waals surface area contributed by atoms with Gasteiger partial charge in [-0.1, -0.05) is 29.6 Å². The summed E-state index contributed by atoms with van der Waals surface area (Å²) in [7, 11) is 4.23. The molecule has 0 aliphatic rings. The molecule has 0 spiro atoms. The van der Waals surface area contributed by atoms with Gasteiger partial charge in [-0.15, -0.1) is 0 Å². The fourth-order valence-corrected chi connectivity index (χ4v) is 3.49. The van der Waals surface area contributed by atoms with Crippen molar-refractivity contribution in [2.75, 3.05) is 45.2 Å². The molecule has 2 rings (SSSR count). The molecule has 174 valence electrons. The first-order valence-electron chi connectivity index (χ1n) is 10.6.